The number of benzene rings is 1. The fourth-order valence-electron chi connectivity index (χ4n) is 9.71. The average molecular weight is 962 g/mol. The topological polar surface area (TPSA) is 261 Å². The number of phenolic OH excluding ortho intramolecular Hbond substituents is 1. The van der Waals surface area contributed by atoms with Crippen molar-refractivity contribution in [2.24, 2.45) is 34.6 Å². The summed E-state index contributed by atoms with van der Waals surface area (Å²) in [6.07, 6.45) is 3.16. The van der Waals surface area contributed by atoms with E-state index in [-0.39, 0.29) is 50.7 Å². The number of likely N-dealkylation sites (tertiary alicyclic amines) is 1. The lowest BCUT2D eigenvalue weighted by Crippen LogP contribution is -2.50. The first-order valence-corrected chi connectivity index (χ1v) is 23.4. The van der Waals surface area contributed by atoms with Gasteiger partial charge in [0.05, 0.1) is 54.2 Å². The number of carbonyl (C=O) groups is 6. The third-order valence-electron chi connectivity index (χ3n) is 13.9. The number of aromatic hydroxyl groups is 1. The predicted molar refractivity (Wildman–Crippen MR) is 251 cm³/mol. The second kappa shape index (κ2) is 21.0. The number of ether oxygens (including phenoxy) is 5. The number of hydrogen-bond donors (Lipinski definition) is 6. The van der Waals surface area contributed by atoms with Gasteiger partial charge in [0, 0.05) is 86.9 Å². The van der Waals surface area contributed by atoms with Gasteiger partial charge in [-0.3, -0.25) is 33.8 Å². The fraction of sp³-hybridized carbons (Fsp3) is 0.580. The molecule has 1 aromatic carbocycles. The quantitative estimate of drug-likeness (QED) is 0.161. The number of fused-ring (bicyclic) bond motifs is 13. The van der Waals surface area contributed by atoms with Crippen molar-refractivity contribution in [1.29, 1.82) is 0 Å². The molecule has 1 aromatic rings. The van der Waals surface area contributed by atoms with Crippen LogP contribution in [0.15, 0.2) is 52.5 Å². The molecule has 2 amide bonds. The molecule has 0 radical (unpaired) electrons. The molecule has 1 fully saturated rings. The van der Waals surface area contributed by atoms with Crippen molar-refractivity contribution in [3.05, 3.63) is 69.8 Å². The van der Waals surface area contributed by atoms with Gasteiger partial charge in [-0.15, -0.1) is 0 Å². The van der Waals surface area contributed by atoms with E-state index in [1.54, 1.807) is 46.8 Å². The maximum Gasteiger partial charge on any atom is 0.325 e. The lowest BCUT2D eigenvalue weighted by Gasteiger charge is -2.38. The highest BCUT2D eigenvalue weighted by molar-refractivity contribution is 6.34. The summed E-state index contributed by atoms with van der Waals surface area (Å²) in [4.78, 5) is 88.7. The molecule has 0 unspecified atom stereocenters. The van der Waals surface area contributed by atoms with E-state index < -0.39 is 114 Å². The van der Waals surface area contributed by atoms with E-state index >= 15 is 0 Å². The third kappa shape index (κ3) is 10.7. The summed E-state index contributed by atoms with van der Waals surface area (Å²) in [5.74, 6) is -9.75. The van der Waals surface area contributed by atoms with Crippen molar-refractivity contribution in [1.82, 2.24) is 20.9 Å². The van der Waals surface area contributed by atoms with Gasteiger partial charge in [0.15, 0.2) is 0 Å². The Morgan fingerprint density at radius 3 is 2.26 bits per heavy atom. The highest BCUT2D eigenvalue weighted by Gasteiger charge is 2.54. The molecule has 19 nitrogen and oxygen atoms in total. The molecule has 5 bridgehead atoms. The number of aliphatic hydroxyl groups is 2. The number of allylic oxidation sites excluding steroid dienone is 4. The number of nitrogens with one attached hydrogen (secondary N) is 3. The van der Waals surface area contributed by atoms with Gasteiger partial charge >= 0.3 is 17.7 Å². The molecule has 6 N–H and O–H groups in total. The molecule has 0 aromatic heterocycles. The molecular formula is C50H67N5O14. The van der Waals surface area contributed by atoms with Crippen LogP contribution in [0.3, 0.4) is 0 Å². The van der Waals surface area contributed by atoms with Gasteiger partial charge in [0.2, 0.25) is 11.7 Å². The number of phenols is 1. The number of aliphatic hydroxyl groups excluding tert-OH is 2. The standard InChI is InChI=1S/C50H67N5O14/c1-24(2)23-55-18-16-50(17-19-55)53-38-35-36-43(61)30(8)46-37(35)47(63)49(9,69-46)67-20-15-31(65-10)27(5)45(68-33(57)21-32(56)51-22-34(58)66-11)29(7)42(60)28(6)41(59)25(3)13-12-14-26(4)48(64)52-40(44(36)62)39(38)54-50/h12-15,20,24-25,27-29,31,41-42,45,54,59-61H,16-19,21-23H2,1-11H3,(H,51,56)(H,52,64)/b13-12+,20-15+,26-14-/t25-,27+,28+,29+,31-,41-,42+,45+,49-/m0/s1. The Labute approximate surface area is 402 Å². The zero-order valence-electron chi connectivity index (χ0n) is 41.3. The van der Waals surface area contributed by atoms with E-state index in [4.69, 9.17) is 23.9 Å². The first kappa shape index (κ1) is 52.5. The van der Waals surface area contributed by atoms with Crippen LogP contribution in [0.25, 0.3) is 0 Å². The van der Waals surface area contributed by atoms with E-state index in [0.717, 1.165) is 13.7 Å². The van der Waals surface area contributed by atoms with Crippen LogP contribution in [-0.2, 0) is 38.1 Å². The molecule has 1 spiro atoms. The van der Waals surface area contributed by atoms with Gasteiger partial charge in [-0.25, -0.2) is 0 Å². The number of ketones is 2. The monoisotopic (exact) mass is 961 g/mol. The number of carbonyl (C=O) groups excluding carboxylic acids is 6. The Morgan fingerprint density at radius 2 is 1.62 bits per heavy atom. The van der Waals surface area contributed by atoms with E-state index in [1.807, 2.05) is 0 Å². The van der Waals surface area contributed by atoms with Crippen LogP contribution in [0.4, 0.5) is 0 Å². The molecule has 376 valence electrons. The molecule has 5 aliphatic heterocycles. The molecule has 9 atom stereocenters. The van der Waals surface area contributed by atoms with Crippen LogP contribution in [0.5, 0.6) is 11.5 Å². The number of hydrogen-bond acceptors (Lipinski definition) is 17. The van der Waals surface area contributed by atoms with Crippen molar-refractivity contribution >= 4 is 41.0 Å². The van der Waals surface area contributed by atoms with Gasteiger partial charge in [-0.1, -0.05) is 59.8 Å². The van der Waals surface area contributed by atoms with Gasteiger partial charge in [-0.05, 0) is 25.8 Å². The lowest BCUT2D eigenvalue weighted by atomic mass is 9.78. The Morgan fingerprint density at radius 1 is 0.942 bits per heavy atom. The predicted octanol–water partition coefficient (Wildman–Crippen LogP) is 3.28. The van der Waals surface area contributed by atoms with Crippen LogP contribution in [-0.4, -0.2) is 138 Å². The van der Waals surface area contributed by atoms with Crippen molar-refractivity contribution in [2.45, 2.75) is 117 Å². The molecule has 7 rings (SSSR count). The van der Waals surface area contributed by atoms with Crippen LogP contribution in [0.2, 0.25) is 0 Å². The minimum Gasteiger partial charge on any atom is -0.507 e. The first-order chi connectivity index (χ1) is 32.5. The summed E-state index contributed by atoms with van der Waals surface area (Å²) in [6.45, 7) is 17.2. The lowest BCUT2D eigenvalue weighted by molar-refractivity contribution is -0.164. The zero-order valence-corrected chi connectivity index (χ0v) is 41.3. The molecule has 0 saturated carbocycles. The molecule has 1 aliphatic carbocycles. The number of methoxy groups -OCH3 is 2. The number of piperidine rings is 1. The zero-order chi connectivity index (χ0) is 50.9. The van der Waals surface area contributed by atoms with E-state index in [0.29, 0.717) is 31.8 Å². The Balaban J connectivity index is 1.43. The number of rotatable bonds is 8. The van der Waals surface area contributed by atoms with Crippen molar-refractivity contribution in [3.8, 4) is 11.5 Å². The maximum atomic E-state index is 14.8. The number of nitrogens with zero attached hydrogens (tertiary/aromatic N) is 2. The van der Waals surface area contributed by atoms with Gasteiger partial charge in [0.25, 0.3) is 11.7 Å². The maximum absolute atomic E-state index is 14.8. The van der Waals surface area contributed by atoms with E-state index in [2.05, 4.69) is 39.4 Å². The van der Waals surface area contributed by atoms with E-state index in [1.165, 1.54) is 39.4 Å². The summed E-state index contributed by atoms with van der Waals surface area (Å²) in [5, 5.41) is 43.7. The highest BCUT2D eigenvalue weighted by Crippen LogP contribution is 2.50. The second-order valence-corrected chi connectivity index (χ2v) is 19.4. The summed E-state index contributed by atoms with van der Waals surface area (Å²) in [5.41, 5.74) is -0.582. The van der Waals surface area contributed by atoms with Crippen LogP contribution in [0.1, 0.15) is 106 Å². The summed E-state index contributed by atoms with van der Waals surface area (Å²) < 4.78 is 28.7. The van der Waals surface area contributed by atoms with Gasteiger partial charge in [-0.2, -0.15) is 0 Å². The minimum atomic E-state index is -2.06. The van der Waals surface area contributed by atoms with E-state index in [9.17, 15) is 44.1 Å². The van der Waals surface area contributed by atoms with Crippen molar-refractivity contribution in [2.75, 3.05) is 40.4 Å². The Hall–Kier alpha value is -5.89. The summed E-state index contributed by atoms with van der Waals surface area (Å²) in [6, 6.07) is 0. The molecular weight excluding hydrogens is 895 g/mol. The largest absolute Gasteiger partial charge is 0.507 e. The van der Waals surface area contributed by atoms with Gasteiger partial charge in [0.1, 0.15) is 41.9 Å². The second-order valence-electron chi connectivity index (χ2n) is 19.4. The SMILES string of the molecule is COC(=O)CNC(=O)CC(=O)O[C@H]1[C@H](C)[C@H](O)[C@H](C)[C@@H](O)[C@@H](C)/C=C/C=C(/C)C(=O)NC2=C3NC4(CCN(CC(C)C)CC4)N=C3c3c(c(O)c(C)c4c3C(=O)[C@@](C)(O/C=C/[C@H](OC)[C@H]1C)O4)C2=O. The highest BCUT2D eigenvalue weighted by atomic mass is 16.7. The minimum absolute atomic E-state index is 0.0223. The van der Waals surface area contributed by atoms with Crippen LogP contribution in [0, 0.1) is 36.5 Å². The average Bonchev–Trinajstić information content (AvgIpc) is 3.81. The fourth-order valence-corrected chi connectivity index (χ4v) is 9.71. The first-order valence-electron chi connectivity index (χ1n) is 23.4. The Kier molecular flexibility index (Phi) is 16.0. The van der Waals surface area contributed by atoms with Crippen molar-refractivity contribution < 1.29 is 67.8 Å². The molecule has 69 heavy (non-hydrogen) atoms. The molecule has 19 heteroatoms. The van der Waals surface area contributed by atoms with Crippen molar-refractivity contribution in [3.63, 3.8) is 0 Å². The number of Topliss-reactive ketones (excluding diaryl/α,β-unsaturated/α-hetero) is 2. The normalized spacial score (nSPS) is 31.1. The number of aliphatic imine (C=N–C) groups is 1. The van der Waals surface area contributed by atoms with Crippen LogP contribution < -0.4 is 20.7 Å². The summed E-state index contributed by atoms with van der Waals surface area (Å²) in [7, 11) is 2.54. The van der Waals surface area contributed by atoms with Gasteiger partial charge < -0.3 is 59.9 Å². The smallest absolute Gasteiger partial charge is 0.325 e. The molecule has 1 saturated heterocycles. The third-order valence-corrected chi connectivity index (χ3v) is 13.9. The molecule has 6 aliphatic rings. The summed E-state index contributed by atoms with van der Waals surface area (Å²) >= 11 is 0. The van der Waals surface area contributed by atoms with Crippen LogP contribution >= 0.6 is 0 Å². The number of amides is 2. The Bertz CT molecular complexity index is 2400. The number of esters is 2. The molecule has 5 heterocycles.